The number of carbonyl (C=O) groups is 1. The lowest BCUT2D eigenvalue weighted by molar-refractivity contribution is -0.355. The van der Waals surface area contributed by atoms with Crippen LogP contribution >= 0.6 is 22.6 Å². The molecule has 0 aromatic rings. The van der Waals surface area contributed by atoms with E-state index in [1.165, 1.54) is 22.6 Å². The molecule has 0 rings (SSSR count). The summed E-state index contributed by atoms with van der Waals surface area (Å²) in [6, 6.07) is 0. The summed E-state index contributed by atoms with van der Waals surface area (Å²) in [5.74, 6) is -12.1. The third-order valence-electron chi connectivity index (χ3n) is 1.49. The highest BCUT2D eigenvalue weighted by Gasteiger charge is 2.72. The molecule has 19 heavy (non-hydrogen) atoms. The van der Waals surface area contributed by atoms with Crippen LogP contribution < -0.4 is 0 Å². The summed E-state index contributed by atoms with van der Waals surface area (Å²) in [4.78, 5) is 9.00. The summed E-state index contributed by atoms with van der Waals surface area (Å²) < 4.78 is 83.0. The van der Waals surface area contributed by atoms with Crippen molar-refractivity contribution < 1.29 is 45.7 Å². The van der Waals surface area contributed by atoms with Gasteiger partial charge in [0.15, 0.2) is 0 Å². The summed E-state index contributed by atoms with van der Waals surface area (Å²) in [5, 5.41) is 15.7. The third-order valence-corrected chi connectivity index (χ3v) is 2.33. The fraction of sp³-hybridized carbons (Fsp3) is 0.875. The zero-order chi connectivity index (χ0) is 16.1. The molecule has 0 aliphatic heterocycles. The van der Waals surface area contributed by atoms with E-state index in [4.69, 9.17) is 15.0 Å². The maximum absolute atomic E-state index is 12.5. The number of hydrogen-bond acceptors (Lipinski definition) is 2. The number of alkyl halides is 8. The summed E-state index contributed by atoms with van der Waals surface area (Å²) >= 11 is 1.17. The lowest BCUT2D eigenvalue weighted by Gasteiger charge is -2.29. The Hall–Kier alpha value is -0.330. The minimum Gasteiger partial charge on any atom is -0.481 e. The number of halogens is 8. The monoisotopic (exact) mass is 414 g/mol. The molecule has 0 heterocycles. The minimum atomic E-state index is -6.30. The Labute approximate surface area is 116 Å². The van der Waals surface area contributed by atoms with Crippen LogP contribution in [0.25, 0.3) is 0 Å². The fourth-order valence-corrected chi connectivity index (χ4v) is 1.23. The van der Waals surface area contributed by atoms with E-state index in [1.54, 1.807) is 0 Å². The molecule has 0 saturated heterocycles. The highest BCUT2D eigenvalue weighted by Crippen LogP contribution is 2.48. The molecule has 0 aliphatic rings. The Kier molecular flexibility index (Phi) is 8.23. The van der Waals surface area contributed by atoms with Crippen molar-refractivity contribution in [2.45, 2.75) is 35.3 Å². The van der Waals surface area contributed by atoms with Crippen LogP contribution in [0.1, 0.15) is 13.3 Å². The van der Waals surface area contributed by atoms with Crippen molar-refractivity contribution in [3.63, 3.8) is 0 Å². The van der Waals surface area contributed by atoms with E-state index in [0.29, 0.717) is 0 Å². The summed E-state index contributed by atoms with van der Waals surface area (Å²) in [7, 11) is 0. The first-order valence-corrected chi connectivity index (χ1v) is 5.70. The number of aliphatic carboxylic acids is 1. The van der Waals surface area contributed by atoms with Gasteiger partial charge in [-0.25, -0.2) is 0 Å². The van der Waals surface area contributed by atoms with Crippen molar-refractivity contribution in [2.75, 3.05) is 6.61 Å². The van der Waals surface area contributed by atoms with Crippen molar-refractivity contribution in [1.29, 1.82) is 0 Å². The van der Waals surface area contributed by atoms with E-state index < -0.39 is 40.9 Å². The Morgan fingerprint density at radius 3 is 1.68 bits per heavy atom. The predicted octanol–water partition coefficient (Wildman–Crippen LogP) is 3.10. The molecule has 116 valence electrons. The van der Waals surface area contributed by atoms with Gasteiger partial charge < -0.3 is 10.2 Å². The molecule has 0 radical (unpaired) electrons. The van der Waals surface area contributed by atoms with E-state index in [1.807, 2.05) is 0 Å². The molecule has 3 nitrogen and oxygen atoms in total. The molecule has 0 aromatic carbocycles. The summed E-state index contributed by atoms with van der Waals surface area (Å²) in [5.41, 5.74) is 0. The topological polar surface area (TPSA) is 57.5 Å². The normalized spacial score (nSPS) is 14.4. The molecule has 11 heteroatoms. The van der Waals surface area contributed by atoms with Gasteiger partial charge >= 0.3 is 18.0 Å². The fourth-order valence-electron chi connectivity index (χ4n) is 0.678. The van der Waals surface area contributed by atoms with Crippen LogP contribution in [0.4, 0.5) is 30.7 Å². The lowest BCUT2D eigenvalue weighted by Crippen LogP contribution is -2.52. The van der Waals surface area contributed by atoms with E-state index in [2.05, 4.69) is 0 Å². The molecular formula is C8H10F7IO3. The molecule has 2 N–H and O–H groups in total. The van der Waals surface area contributed by atoms with Crippen LogP contribution in [-0.4, -0.2) is 44.7 Å². The van der Waals surface area contributed by atoms with Crippen molar-refractivity contribution in [3.05, 3.63) is 0 Å². The van der Waals surface area contributed by atoms with Gasteiger partial charge in [0.25, 0.3) is 5.97 Å². The molecule has 0 spiro atoms. The molecule has 1 atom stereocenters. The van der Waals surface area contributed by atoms with Gasteiger partial charge in [-0.05, 0) is 0 Å². The Balaban J connectivity index is 0. The Bertz CT molecular complexity index is 289. The smallest absolute Gasteiger partial charge is 0.459 e. The molecule has 0 saturated carbocycles. The van der Waals surface area contributed by atoms with Gasteiger partial charge in [-0.15, -0.1) is 0 Å². The molecule has 0 fully saturated rings. The first-order valence-electron chi connectivity index (χ1n) is 4.46. The van der Waals surface area contributed by atoms with Gasteiger partial charge in [-0.2, -0.15) is 30.7 Å². The molecule has 1 unspecified atom stereocenters. The highest BCUT2D eigenvalue weighted by atomic mass is 127. The third kappa shape index (κ3) is 7.13. The predicted molar refractivity (Wildman–Crippen MR) is 58.8 cm³/mol. The van der Waals surface area contributed by atoms with E-state index in [-0.39, 0.29) is 0 Å². The van der Waals surface area contributed by atoms with Crippen LogP contribution in [0.5, 0.6) is 0 Å². The van der Waals surface area contributed by atoms with Gasteiger partial charge in [0.05, 0.1) is 6.61 Å². The number of hydrogen-bond donors (Lipinski definition) is 2. The zero-order valence-corrected chi connectivity index (χ0v) is 11.5. The number of carboxylic acids is 1. The minimum absolute atomic E-state index is 0.833. The maximum atomic E-state index is 12.5. The van der Waals surface area contributed by atoms with Gasteiger partial charge in [0.1, 0.15) is 0 Å². The van der Waals surface area contributed by atoms with Crippen molar-refractivity contribution >= 4 is 28.6 Å². The number of aliphatic hydroxyl groups is 1. The van der Waals surface area contributed by atoms with Crippen LogP contribution in [0.3, 0.4) is 0 Å². The van der Waals surface area contributed by atoms with Gasteiger partial charge in [0, 0.05) is 17.3 Å². The average Bonchev–Trinajstić information content (AvgIpc) is 2.13. The number of aliphatic hydroxyl groups excluding tert-OH is 1. The van der Waals surface area contributed by atoms with Gasteiger partial charge in [0.2, 0.25) is 0 Å². The van der Waals surface area contributed by atoms with Gasteiger partial charge in [-0.3, -0.25) is 4.79 Å². The first kappa shape index (κ1) is 21.0. The first-order chi connectivity index (χ1) is 8.19. The largest absolute Gasteiger partial charge is 0.481 e. The average molecular weight is 414 g/mol. The number of carboxylic acid groups (broad SMARTS) is 1. The van der Waals surface area contributed by atoms with E-state index >= 15 is 0 Å². The SMILES string of the molecule is CC(=O)O.OCC(I)CC(F)(F)C(F)(F)C(F)(F)F. The Morgan fingerprint density at radius 2 is 1.47 bits per heavy atom. The lowest BCUT2D eigenvalue weighted by atomic mass is 10.1. The molecule has 0 aliphatic carbocycles. The van der Waals surface area contributed by atoms with E-state index in [9.17, 15) is 30.7 Å². The zero-order valence-electron chi connectivity index (χ0n) is 9.32. The van der Waals surface area contributed by atoms with Crippen LogP contribution in [0.15, 0.2) is 0 Å². The second-order valence-corrected chi connectivity index (χ2v) is 5.04. The van der Waals surface area contributed by atoms with Crippen molar-refractivity contribution in [2.24, 2.45) is 0 Å². The summed E-state index contributed by atoms with van der Waals surface area (Å²) in [6.07, 6.45) is -8.04. The second kappa shape index (κ2) is 7.45. The van der Waals surface area contributed by atoms with E-state index in [0.717, 1.165) is 6.92 Å². The molecule has 0 aromatic heterocycles. The van der Waals surface area contributed by atoms with Crippen molar-refractivity contribution in [1.82, 2.24) is 0 Å². The van der Waals surface area contributed by atoms with Crippen LogP contribution in [0.2, 0.25) is 0 Å². The number of rotatable bonds is 4. The van der Waals surface area contributed by atoms with Crippen LogP contribution in [0, 0.1) is 0 Å². The van der Waals surface area contributed by atoms with Crippen molar-refractivity contribution in [3.8, 4) is 0 Å². The standard InChI is InChI=1S/C6H6F7IO.C2H4O2/c7-4(8,1-3(14)2-15)5(9,10)6(11,12)13;1-2(3)4/h3,15H,1-2H2;1H3,(H,3,4). The quantitative estimate of drug-likeness (QED) is 0.423. The summed E-state index contributed by atoms with van der Waals surface area (Å²) in [6.45, 7) is 0.185. The van der Waals surface area contributed by atoms with Crippen LogP contribution in [-0.2, 0) is 4.79 Å². The highest BCUT2D eigenvalue weighted by molar-refractivity contribution is 14.1. The van der Waals surface area contributed by atoms with Gasteiger partial charge in [-0.1, -0.05) is 22.6 Å². The second-order valence-electron chi connectivity index (χ2n) is 3.28. The Morgan fingerprint density at radius 1 is 1.16 bits per heavy atom. The molecular weight excluding hydrogens is 404 g/mol. The molecule has 0 amide bonds. The molecule has 0 bridgehead atoms. The maximum Gasteiger partial charge on any atom is 0.459 e.